The highest BCUT2D eigenvalue weighted by molar-refractivity contribution is 6.24. The number of hydrogen-bond acceptors (Lipinski definition) is 4. The molecule has 6 nitrogen and oxygen atoms in total. The van der Waals surface area contributed by atoms with Crippen LogP contribution in [0, 0.1) is 0 Å². The molecule has 0 N–H and O–H groups in total. The Morgan fingerprint density at radius 3 is 2.03 bits per heavy atom. The van der Waals surface area contributed by atoms with Crippen molar-refractivity contribution < 1.29 is 32.3 Å². The topological polar surface area (TPSA) is 66.9 Å². The van der Waals surface area contributed by atoms with E-state index in [1.54, 1.807) is 36.4 Å². The maximum Gasteiger partial charge on any atom is 0.416 e. The predicted octanol–water partition coefficient (Wildman–Crippen LogP) is 4.47. The van der Waals surface area contributed by atoms with Crippen LogP contribution in [0.1, 0.15) is 37.9 Å². The van der Waals surface area contributed by atoms with Crippen molar-refractivity contribution in [3.8, 4) is 5.75 Å². The van der Waals surface area contributed by atoms with Crippen molar-refractivity contribution >= 4 is 23.4 Å². The minimum absolute atomic E-state index is 0.0144. The summed E-state index contributed by atoms with van der Waals surface area (Å²) in [6.07, 6.45) is -4.60. The summed E-state index contributed by atoms with van der Waals surface area (Å²) in [4.78, 5) is 41.6. The molecule has 3 amide bonds. The van der Waals surface area contributed by atoms with Gasteiger partial charge in [0.2, 0.25) is 0 Å². The van der Waals surface area contributed by atoms with Crippen molar-refractivity contribution in [2.24, 2.45) is 0 Å². The predicted molar refractivity (Wildman–Crippen MR) is 115 cm³/mol. The van der Waals surface area contributed by atoms with E-state index in [0.717, 1.165) is 17.0 Å². The number of hydrogen-bond donors (Lipinski definition) is 0. The second-order valence-corrected chi connectivity index (χ2v) is 7.95. The highest BCUT2D eigenvalue weighted by atomic mass is 19.4. The third-order valence-electron chi connectivity index (χ3n) is 6.06. The summed E-state index contributed by atoms with van der Waals surface area (Å²) in [6, 6.07) is 15.2. The van der Waals surface area contributed by atoms with Crippen molar-refractivity contribution in [2.75, 3.05) is 12.0 Å². The van der Waals surface area contributed by atoms with E-state index in [9.17, 15) is 27.6 Å². The lowest BCUT2D eigenvalue weighted by atomic mass is 9.86. The molecule has 0 aliphatic carbocycles. The van der Waals surface area contributed by atoms with Crippen LogP contribution < -0.4 is 9.64 Å². The molecule has 34 heavy (non-hydrogen) atoms. The number of benzene rings is 3. The van der Waals surface area contributed by atoms with Gasteiger partial charge in [0.15, 0.2) is 0 Å². The first-order chi connectivity index (χ1) is 16.2. The molecule has 3 aromatic carbocycles. The van der Waals surface area contributed by atoms with E-state index in [4.69, 9.17) is 4.74 Å². The Kier molecular flexibility index (Phi) is 4.93. The molecule has 2 heterocycles. The normalized spacial score (nSPS) is 19.8. The van der Waals surface area contributed by atoms with Gasteiger partial charge in [-0.25, -0.2) is 0 Å². The van der Waals surface area contributed by atoms with Gasteiger partial charge in [-0.3, -0.25) is 19.3 Å². The lowest BCUT2D eigenvalue weighted by Crippen LogP contribution is -2.67. The first-order valence-electron chi connectivity index (χ1n) is 10.3. The molecule has 0 unspecified atom stereocenters. The number of alkyl halides is 3. The molecule has 0 bridgehead atoms. The third-order valence-corrected chi connectivity index (χ3v) is 6.06. The summed E-state index contributed by atoms with van der Waals surface area (Å²) in [5.74, 6) is -1.42. The average Bonchev–Trinajstić information content (AvgIpc) is 3.07. The average molecular weight is 466 g/mol. The van der Waals surface area contributed by atoms with Crippen LogP contribution in [0.3, 0.4) is 0 Å². The number of fused-ring (bicyclic) bond motifs is 1. The van der Waals surface area contributed by atoms with Crippen LogP contribution in [-0.4, -0.2) is 35.8 Å². The number of imide groups is 1. The van der Waals surface area contributed by atoms with Gasteiger partial charge in [-0.05, 0) is 48.0 Å². The Morgan fingerprint density at radius 2 is 1.41 bits per heavy atom. The Morgan fingerprint density at radius 1 is 0.765 bits per heavy atom. The highest BCUT2D eigenvalue weighted by Gasteiger charge is 2.57. The maximum absolute atomic E-state index is 13.4. The van der Waals surface area contributed by atoms with E-state index in [-0.39, 0.29) is 16.8 Å². The molecule has 2 atom stereocenters. The van der Waals surface area contributed by atoms with Crippen LogP contribution in [0.4, 0.5) is 18.9 Å². The molecule has 0 radical (unpaired) electrons. The summed E-state index contributed by atoms with van der Waals surface area (Å²) < 4.78 is 45.2. The number of nitrogens with zero attached hydrogens (tertiary/aromatic N) is 2. The van der Waals surface area contributed by atoms with Gasteiger partial charge < -0.3 is 9.64 Å². The molecule has 2 aliphatic heterocycles. The van der Waals surface area contributed by atoms with Gasteiger partial charge in [-0.15, -0.1) is 0 Å². The third kappa shape index (κ3) is 3.23. The van der Waals surface area contributed by atoms with Crippen molar-refractivity contribution in [1.29, 1.82) is 0 Å². The van der Waals surface area contributed by atoms with Crippen LogP contribution in [-0.2, 0) is 11.0 Å². The Labute approximate surface area is 192 Å². The summed E-state index contributed by atoms with van der Waals surface area (Å²) >= 11 is 0. The standard InChI is InChI=1S/C25H17F3N2O4/c1-34-17-9-4-6-14(12-17)20-21(30-22(31)18-10-2-3-11-19(18)23(30)32)24(33)29(20)16-8-5-7-15(13-16)25(26,27)28/h2-13,20-21H,1H3/t20-,21-/m0/s1. The number of anilines is 1. The van der Waals surface area contributed by atoms with E-state index >= 15 is 0 Å². The van der Waals surface area contributed by atoms with Gasteiger partial charge in [-0.2, -0.15) is 13.2 Å². The van der Waals surface area contributed by atoms with Crippen molar-refractivity contribution in [3.63, 3.8) is 0 Å². The van der Waals surface area contributed by atoms with Gasteiger partial charge in [0.1, 0.15) is 11.8 Å². The number of carbonyl (C=O) groups is 3. The molecule has 9 heteroatoms. The van der Waals surface area contributed by atoms with Gasteiger partial charge in [0.25, 0.3) is 17.7 Å². The molecule has 0 aromatic heterocycles. The number of methoxy groups -OCH3 is 1. The molecule has 172 valence electrons. The fraction of sp³-hybridized carbons (Fsp3) is 0.160. The monoisotopic (exact) mass is 466 g/mol. The van der Waals surface area contributed by atoms with Crippen molar-refractivity contribution in [3.05, 3.63) is 95.1 Å². The van der Waals surface area contributed by atoms with E-state index in [1.165, 1.54) is 36.3 Å². The second-order valence-electron chi connectivity index (χ2n) is 7.95. The molecular formula is C25H17F3N2O4. The number of carbonyl (C=O) groups excluding carboxylic acids is 3. The number of rotatable bonds is 4. The molecule has 3 aromatic rings. The van der Waals surface area contributed by atoms with Gasteiger partial charge >= 0.3 is 6.18 Å². The van der Waals surface area contributed by atoms with E-state index in [2.05, 4.69) is 0 Å². The quantitative estimate of drug-likeness (QED) is 0.421. The Hall–Kier alpha value is -4.14. The highest BCUT2D eigenvalue weighted by Crippen LogP contribution is 2.45. The fourth-order valence-electron chi connectivity index (χ4n) is 4.46. The van der Waals surface area contributed by atoms with E-state index in [0.29, 0.717) is 11.3 Å². The van der Waals surface area contributed by atoms with E-state index < -0.39 is 41.5 Å². The van der Waals surface area contributed by atoms with Gasteiger partial charge in [0, 0.05) is 5.69 Å². The van der Waals surface area contributed by atoms with Gasteiger partial charge in [0.05, 0.1) is 29.8 Å². The summed E-state index contributed by atoms with van der Waals surface area (Å²) in [5, 5.41) is 0. The summed E-state index contributed by atoms with van der Waals surface area (Å²) in [6.45, 7) is 0. The summed E-state index contributed by atoms with van der Waals surface area (Å²) in [7, 11) is 1.46. The fourth-order valence-corrected chi connectivity index (χ4v) is 4.46. The maximum atomic E-state index is 13.4. The smallest absolute Gasteiger partial charge is 0.416 e. The zero-order valence-corrected chi connectivity index (χ0v) is 17.7. The van der Waals surface area contributed by atoms with Crippen LogP contribution >= 0.6 is 0 Å². The molecule has 5 rings (SSSR count). The van der Waals surface area contributed by atoms with Crippen LogP contribution in [0.25, 0.3) is 0 Å². The van der Waals surface area contributed by atoms with Crippen LogP contribution in [0.15, 0.2) is 72.8 Å². The van der Waals surface area contributed by atoms with E-state index in [1.807, 2.05) is 0 Å². The lowest BCUT2D eigenvalue weighted by molar-refractivity contribution is -0.137. The number of amides is 3. The SMILES string of the molecule is COc1cccc([C@H]2[C@H](N3C(=O)c4ccccc4C3=O)C(=O)N2c2cccc(C(F)(F)F)c2)c1. The Balaban J connectivity index is 1.60. The molecule has 1 saturated heterocycles. The summed E-state index contributed by atoms with van der Waals surface area (Å²) in [5.41, 5.74) is -0.0192. The van der Waals surface area contributed by atoms with Crippen molar-refractivity contribution in [1.82, 2.24) is 4.90 Å². The van der Waals surface area contributed by atoms with Crippen molar-refractivity contribution in [2.45, 2.75) is 18.3 Å². The van der Waals surface area contributed by atoms with Crippen LogP contribution in [0.2, 0.25) is 0 Å². The Bertz CT molecular complexity index is 1300. The number of ether oxygens (including phenoxy) is 1. The molecule has 0 saturated carbocycles. The first-order valence-corrected chi connectivity index (χ1v) is 10.3. The zero-order chi connectivity index (χ0) is 24.2. The molecule has 1 fully saturated rings. The molecular weight excluding hydrogens is 449 g/mol. The molecule has 0 spiro atoms. The number of β-lactam (4-membered cyclic amide) rings is 1. The number of halogens is 3. The van der Waals surface area contributed by atoms with Crippen LogP contribution in [0.5, 0.6) is 5.75 Å². The minimum atomic E-state index is -4.60. The second kappa shape index (κ2) is 7.72. The largest absolute Gasteiger partial charge is 0.497 e. The minimum Gasteiger partial charge on any atom is -0.497 e. The molecule has 2 aliphatic rings. The zero-order valence-electron chi connectivity index (χ0n) is 17.7. The lowest BCUT2D eigenvalue weighted by Gasteiger charge is -2.49. The van der Waals surface area contributed by atoms with Gasteiger partial charge in [-0.1, -0.05) is 30.3 Å². The first kappa shape index (κ1) is 21.7.